The zero-order chi connectivity index (χ0) is 90.8. The van der Waals surface area contributed by atoms with Gasteiger partial charge in [0.15, 0.2) is 0 Å². The molecule has 0 aliphatic carbocycles. The maximum Gasteiger partial charge on any atom is 0.0562 e. The third kappa shape index (κ3) is 13.2. The molecule has 0 bridgehead atoms. The number of hydrogen-bond donors (Lipinski definition) is 0. The van der Waals surface area contributed by atoms with Crippen LogP contribution in [0.4, 0.5) is 0 Å². The highest BCUT2D eigenvalue weighted by molar-refractivity contribution is 6.23. The minimum absolute atomic E-state index is 1.15. The van der Waals surface area contributed by atoms with Gasteiger partial charge in [-0.1, -0.05) is 376 Å². The number of rotatable bonds is 11. The van der Waals surface area contributed by atoms with Gasteiger partial charge in [0.05, 0.1) is 66.2 Å². The molecule has 0 fully saturated rings. The average Bonchev–Trinajstić information content (AvgIpc) is 1.56. The highest BCUT2D eigenvalue weighted by Gasteiger charge is 2.25. The molecule has 0 unspecified atom stereocenters. The lowest BCUT2D eigenvalue weighted by atomic mass is 9.98. The van der Waals surface area contributed by atoms with E-state index >= 15 is 0 Å². The Morgan fingerprint density at radius 2 is 0.268 bits per heavy atom. The van der Waals surface area contributed by atoms with E-state index in [1.807, 2.05) is 0 Å². The van der Waals surface area contributed by atoms with Crippen molar-refractivity contribution in [3.63, 3.8) is 0 Å². The quantitative estimate of drug-likeness (QED) is 0.124. The van der Waals surface area contributed by atoms with E-state index in [0.717, 1.165) is 28.4 Å². The van der Waals surface area contributed by atoms with Crippen LogP contribution in [0.5, 0.6) is 0 Å². The van der Waals surface area contributed by atoms with Crippen LogP contribution in [0.1, 0.15) is 0 Å². The van der Waals surface area contributed by atoms with Gasteiger partial charge in [0.25, 0.3) is 0 Å². The Kier molecular flexibility index (Phi) is 18.9. The highest BCUT2D eigenvalue weighted by atomic mass is 15.0. The van der Waals surface area contributed by atoms with Gasteiger partial charge in [-0.25, -0.2) is 0 Å². The first-order chi connectivity index (χ1) is 68.5. The van der Waals surface area contributed by atoms with Gasteiger partial charge in [-0.3, -0.25) is 0 Å². The van der Waals surface area contributed by atoms with E-state index in [4.69, 9.17) is 0 Å². The molecule has 0 N–H and O–H groups in total. The minimum atomic E-state index is 1.15. The van der Waals surface area contributed by atoms with Crippen molar-refractivity contribution in [2.45, 2.75) is 0 Å². The zero-order valence-electron chi connectivity index (χ0n) is 75.3. The second-order valence-electron chi connectivity index (χ2n) is 36.2. The molecule has 138 heavy (non-hydrogen) atoms. The van der Waals surface area contributed by atoms with Crippen molar-refractivity contribution in [2.24, 2.45) is 0 Å². The van der Waals surface area contributed by atoms with Gasteiger partial charge in [0.2, 0.25) is 0 Å². The Morgan fingerprint density at radius 3 is 0.507 bits per heavy atom. The fraction of sp³-hybridized carbons (Fsp3) is 0. The van der Waals surface area contributed by atoms with Gasteiger partial charge in [0, 0.05) is 98.8 Å². The molecule has 29 aromatic rings. The summed E-state index contributed by atoms with van der Waals surface area (Å²) in [5.74, 6) is 0. The molecule has 644 valence electrons. The molecule has 29 rings (SSSR count). The predicted octanol–water partition coefficient (Wildman–Crippen LogP) is 35.4. The third-order valence-corrected chi connectivity index (χ3v) is 28.6. The normalized spacial score (nSPS) is 11.8. The monoisotopic (exact) mass is 1750 g/mol. The first-order valence-electron chi connectivity index (χ1n) is 47.5. The molecule has 0 atom stereocenters. The summed E-state index contributed by atoms with van der Waals surface area (Å²) < 4.78 is 14.5. The number of hydrogen-bond acceptors (Lipinski definition) is 0. The number of nitrogens with zero attached hydrogens (tertiary/aromatic N) is 6. The van der Waals surface area contributed by atoms with Crippen molar-refractivity contribution in [3.8, 4) is 89.8 Å². The summed E-state index contributed by atoms with van der Waals surface area (Å²) >= 11 is 0. The van der Waals surface area contributed by atoms with Crippen molar-refractivity contribution >= 4 is 163 Å². The Labute approximate surface area is 796 Å². The maximum absolute atomic E-state index is 2.43. The molecule has 0 saturated heterocycles. The lowest BCUT2D eigenvalue weighted by molar-refractivity contribution is 1.16. The largest absolute Gasteiger partial charge is 0.309 e. The molecule has 0 amide bonds. The lowest BCUT2D eigenvalue weighted by Crippen LogP contribution is -1.96. The van der Waals surface area contributed by atoms with Crippen LogP contribution in [0.25, 0.3) is 253 Å². The van der Waals surface area contributed by atoms with Gasteiger partial charge >= 0.3 is 0 Å². The zero-order valence-corrected chi connectivity index (χ0v) is 75.3. The number of fused-ring (bicyclic) bond motifs is 21. The van der Waals surface area contributed by atoms with E-state index in [-0.39, 0.29) is 0 Å². The molecule has 6 aromatic heterocycles. The SMILES string of the molecule is c1ccc(-c2ccc(-n3c4ccccc4c4cc5c6ccccc6n(-c6ccc(-c7ccccc7)cc6)c5cc43)cc2)cc1.c1ccc(-n2c3ccccc3c3cc4c5ccccc5n(-c5ccc(-c6cccc7ccccc67)cc5)c4cc32)cc1.c1ccc2c(-c3ccc(-n4c5ccccc5c5cc6c7ccccc7n(-c7ccc(-c8cccc9ccccc89)cc7)c6cc54)cc3)cccc2c1. The molecular formula is C132H86N6. The topological polar surface area (TPSA) is 29.6 Å². The van der Waals surface area contributed by atoms with Crippen molar-refractivity contribution in [2.75, 3.05) is 0 Å². The summed E-state index contributed by atoms with van der Waals surface area (Å²) in [7, 11) is 0. The molecule has 0 aliphatic heterocycles. The Morgan fingerprint density at radius 1 is 0.0942 bits per heavy atom. The molecule has 0 aliphatic rings. The highest BCUT2D eigenvalue weighted by Crippen LogP contribution is 2.47. The van der Waals surface area contributed by atoms with Crippen LogP contribution < -0.4 is 0 Å². The summed E-state index contributed by atoms with van der Waals surface area (Å²) in [4.78, 5) is 0. The van der Waals surface area contributed by atoms with Gasteiger partial charge in [-0.05, 0) is 234 Å². The summed E-state index contributed by atoms with van der Waals surface area (Å²) in [6.07, 6.45) is 0. The molecule has 6 heteroatoms. The average molecular weight is 1760 g/mol. The van der Waals surface area contributed by atoms with E-state index in [1.165, 1.54) is 224 Å². The maximum atomic E-state index is 2.43. The van der Waals surface area contributed by atoms with Crippen LogP contribution in [-0.4, -0.2) is 27.4 Å². The van der Waals surface area contributed by atoms with Crippen LogP contribution in [0, 0.1) is 0 Å². The van der Waals surface area contributed by atoms with Crippen LogP contribution in [0.2, 0.25) is 0 Å². The van der Waals surface area contributed by atoms with E-state index in [1.54, 1.807) is 0 Å². The van der Waals surface area contributed by atoms with Crippen LogP contribution in [0.3, 0.4) is 0 Å². The summed E-state index contributed by atoms with van der Waals surface area (Å²) in [6, 6.07) is 190. The fourth-order valence-corrected chi connectivity index (χ4v) is 22.2. The number of benzene rings is 23. The molecule has 0 spiro atoms. The van der Waals surface area contributed by atoms with Gasteiger partial charge in [-0.2, -0.15) is 0 Å². The number of para-hydroxylation sites is 7. The molecule has 0 saturated carbocycles. The second kappa shape index (κ2) is 32.8. The van der Waals surface area contributed by atoms with E-state index in [9.17, 15) is 0 Å². The first kappa shape index (κ1) is 79.4. The molecular weight excluding hydrogens is 1670 g/mol. The third-order valence-electron chi connectivity index (χ3n) is 28.6. The molecule has 23 aromatic carbocycles. The van der Waals surface area contributed by atoms with E-state index in [0.29, 0.717) is 0 Å². The van der Waals surface area contributed by atoms with E-state index < -0.39 is 0 Å². The Bertz CT molecular complexity index is 9440. The summed E-state index contributed by atoms with van der Waals surface area (Å²) in [5, 5.41) is 22.8. The van der Waals surface area contributed by atoms with E-state index in [2.05, 4.69) is 549 Å². The first-order valence-corrected chi connectivity index (χ1v) is 47.5. The van der Waals surface area contributed by atoms with Crippen molar-refractivity contribution in [1.29, 1.82) is 0 Å². The summed E-state index contributed by atoms with van der Waals surface area (Å²) in [5.41, 5.74) is 33.8. The molecule has 0 radical (unpaired) electrons. The van der Waals surface area contributed by atoms with Gasteiger partial charge in [0.1, 0.15) is 0 Å². The second-order valence-corrected chi connectivity index (χ2v) is 36.2. The van der Waals surface area contributed by atoms with Crippen molar-refractivity contribution in [3.05, 3.63) is 522 Å². The Balaban J connectivity index is 0.000000105. The van der Waals surface area contributed by atoms with Crippen molar-refractivity contribution < 1.29 is 0 Å². The fourth-order valence-electron chi connectivity index (χ4n) is 22.2. The number of aromatic nitrogens is 6. The smallest absolute Gasteiger partial charge is 0.0562 e. The van der Waals surface area contributed by atoms with Crippen LogP contribution >= 0.6 is 0 Å². The standard InChI is InChI=1S/C50H32N2.C42H28N2.C40H26N2/c1-3-15-39-33(11-1)13-9-19-41(39)35-23-27-37(28-24-35)51-47-21-7-5-17-43(47)45-31-46-44-18-6-8-22-48(44)52(50(46)32-49(45)51)38-29-25-36(26-30-38)42-20-10-14-34-12-2-4-16-40(34)42;1-3-11-29(12-4-1)31-19-23-33(24-20-31)43-39-17-9-7-15-35(39)37-27-38-36-16-8-10-18-40(36)44(42(38)28-41(37)43)34-25-21-32(22-26-34)30-13-5-2-6-14-30;1-2-13-29(14-3-1)41-37-19-8-6-16-33(37)35-25-36-34-17-7-9-20-38(34)42(40(36)26-39(35)41)30-23-21-28(22-24-30)32-18-10-12-27-11-4-5-15-31(27)32/h1-32H;1-28H;1-26H. The minimum Gasteiger partial charge on any atom is -0.309 e. The molecule has 6 heterocycles. The molecule has 6 nitrogen and oxygen atoms in total. The van der Waals surface area contributed by atoms with Gasteiger partial charge < -0.3 is 27.4 Å². The van der Waals surface area contributed by atoms with Crippen LogP contribution in [-0.2, 0) is 0 Å². The van der Waals surface area contributed by atoms with Crippen molar-refractivity contribution in [1.82, 2.24) is 27.4 Å². The predicted molar refractivity (Wildman–Crippen MR) is 585 cm³/mol. The van der Waals surface area contributed by atoms with Gasteiger partial charge in [-0.15, -0.1) is 0 Å². The summed E-state index contributed by atoms with van der Waals surface area (Å²) in [6.45, 7) is 0. The lowest BCUT2D eigenvalue weighted by Gasteiger charge is -2.12. The van der Waals surface area contributed by atoms with Crippen LogP contribution in [0.15, 0.2) is 522 Å². The Hall–Kier alpha value is -18.4.